The second-order valence-electron chi connectivity index (χ2n) is 8.16. The molecular weight excluding hydrogens is 456 g/mol. The standard InChI is InChI=1S/C29H28N2O5/c1-19-10-11-20(2)28(21(19)3)35-18-27(32)36-25-13-12-23(15-26(25)34-4)14-24(16-30)29(33)31-17-22-8-6-5-7-9-22/h5-15H,17-18H2,1-4H3,(H,31,33)/b24-14+. The van der Waals surface area contributed by atoms with Crippen molar-refractivity contribution in [1.82, 2.24) is 5.32 Å². The molecule has 0 atom stereocenters. The van der Waals surface area contributed by atoms with Crippen molar-refractivity contribution in [1.29, 1.82) is 5.26 Å². The monoisotopic (exact) mass is 484 g/mol. The lowest BCUT2D eigenvalue weighted by Gasteiger charge is -2.14. The van der Waals surface area contributed by atoms with Crippen LogP contribution in [0.25, 0.3) is 6.08 Å². The number of methoxy groups -OCH3 is 1. The normalized spacial score (nSPS) is 10.8. The second-order valence-corrected chi connectivity index (χ2v) is 8.16. The zero-order valence-corrected chi connectivity index (χ0v) is 20.8. The fourth-order valence-electron chi connectivity index (χ4n) is 3.48. The smallest absolute Gasteiger partial charge is 0.349 e. The first kappa shape index (κ1) is 26.0. The predicted octanol–water partition coefficient (Wildman–Crippen LogP) is 4.83. The number of benzene rings is 3. The lowest BCUT2D eigenvalue weighted by Crippen LogP contribution is -2.23. The van der Waals surface area contributed by atoms with Crippen molar-refractivity contribution in [2.24, 2.45) is 0 Å². The van der Waals surface area contributed by atoms with Crippen molar-refractivity contribution < 1.29 is 23.8 Å². The van der Waals surface area contributed by atoms with Crippen LogP contribution in [0.5, 0.6) is 17.2 Å². The lowest BCUT2D eigenvalue weighted by molar-refractivity contribution is -0.136. The SMILES string of the molecule is COc1cc(/C=C(\C#N)C(=O)NCc2ccccc2)ccc1OC(=O)COc1c(C)ccc(C)c1C. The summed E-state index contributed by atoms with van der Waals surface area (Å²) in [5, 5.41) is 12.2. The van der Waals surface area contributed by atoms with Gasteiger partial charge in [0.2, 0.25) is 0 Å². The summed E-state index contributed by atoms with van der Waals surface area (Å²) in [5.41, 5.74) is 4.38. The predicted molar refractivity (Wildman–Crippen MR) is 137 cm³/mol. The summed E-state index contributed by atoms with van der Waals surface area (Å²) < 4.78 is 16.5. The average molecular weight is 485 g/mol. The van der Waals surface area contributed by atoms with Gasteiger partial charge in [-0.25, -0.2) is 4.79 Å². The number of amides is 1. The van der Waals surface area contributed by atoms with E-state index in [1.165, 1.54) is 13.2 Å². The van der Waals surface area contributed by atoms with E-state index in [4.69, 9.17) is 14.2 Å². The molecule has 0 aromatic heterocycles. The van der Waals surface area contributed by atoms with Gasteiger partial charge in [-0.15, -0.1) is 0 Å². The van der Waals surface area contributed by atoms with Crippen LogP contribution in [0, 0.1) is 32.1 Å². The van der Waals surface area contributed by atoms with Gasteiger partial charge in [0, 0.05) is 6.54 Å². The molecule has 0 saturated carbocycles. The number of carbonyl (C=O) groups excluding carboxylic acids is 2. The molecule has 0 unspecified atom stereocenters. The number of nitriles is 1. The second kappa shape index (κ2) is 12.2. The highest BCUT2D eigenvalue weighted by Crippen LogP contribution is 2.30. The van der Waals surface area contributed by atoms with Gasteiger partial charge in [-0.2, -0.15) is 5.26 Å². The summed E-state index contributed by atoms with van der Waals surface area (Å²) in [4.78, 5) is 24.9. The Hall–Kier alpha value is -4.57. The van der Waals surface area contributed by atoms with Gasteiger partial charge in [0.05, 0.1) is 7.11 Å². The number of hydrogen-bond acceptors (Lipinski definition) is 6. The quantitative estimate of drug-likeness (QED) is 0.202. The van der Waals surface area contributed by atoms with Gasteiger partial charge >= 0.3 is 5.97 Å². The van der Waals surface area contributed by atoms with Crippen LogP contribution in [0.1, 0.15) is 27.8 Å². The zero-order valence-electron chi connectivity index (χ0n) is 20.8. The van der Waals surface area contributed by atoms with E-state index < -0.39 is 11.9 Å². The Kier molecular flexibility index (Phi) is 8.84. The van der Waals surface area contributed by atoms with Crippen LogP contribution in [0.2, 0.25) is 0 Å². The van der Waals surface area contributed by atoms with Gasteiger partial charge in [-0.05, 0) is 66.8 Å². The topological polar surface area (TPSA) is 97.6 Å². The van der Waals surface area contributed by atoms with Crippen molar-refractivity contribution in [3.05, 3.63) is 94.1 Å². The summed E-state index contributed by atoms with van der Waals surface area (Å²) in [6.45, 7) is 5.87. The molecule has 0 saturated heterocycles. The molecule has 3 aromatic carbocycles. The molecule has 3 aromatic rings. The first-order valence-corrected chi connectivity index (χ1v) is 11.3. The van der Waals surface area contributed by atoms with E-state index in [-0.39, 0.29) is 23.7 Å². The largest absolute Gasteiger partial charge is 0.493 e. The highest BCUT2D eigenvalue weighted by Gasteiger charge is 2.15. The fraction of sp³-hybridized carbons (Fsp3) is 0.207. The third-order valence-electron chi connectivity index (χ3n) is 5.59. The van der Waals surface area contributed by atoms with Gasteiger partial charge in [0.25, 0.3) is 5.91 Å². The zero-order chi connectivity index (χ0) is 26.1. The molecule has 0 spiro atoms. The van der Waals surface area contributed by atoms with Crippen LogP contribution < -0.4 is 19.5 Å². The molecule has 0 aliphatic rings. The molecule has 0 radical (unpaired) electrons. The highest BCUT2D eigenvalue weighted by atomic mass is 16.6. The van der Waals surface area contributed by atoms with Crippen LogP contribution in [-0.4, -0.2) is 25.6 Å². The molecule has 1 N–H and O–H groups in total. The number of esters is 1. The number of ether oxygens (including phenoxy) is 3. The van der Waals surface area contributed by atoms with E-state index in [2.05, 4.69) is 5.32 Å². The van der Waals surface area contributed by atoms with E-state index in [1.54, 1.807) is 18.2 Å². The third-order valence-corrected chi connectivity index (χ3v) is 5.59. The van der Waals surface area contributed by atoms with Gasteiger partial charge in [0.15, 0.2) is 18.1 Å². The van der Waals surface area contributed by atoms with E-state index in [0.29, 0.717) is 17.9 Å². The summed E-state index contributed by atoms with van der Waals surface area (Å²) in [7, 11) is 1.44. The Morgan fingerprint density at radius 2 is 1.69 bits per heavy atom. The Bertz CT molecular complexity index is 1320. The van der Waals surface area contributed by atoms with Crippen LogP contribution >= 0.6 is 0 Å². The van der Waals surface area contributed by atoms with Crippen molar-refractivity contribution in [2.45, 2.75) is 27.3 Å². The van der Waals surface area contributed by atoms with Gasteiger partial charge < -0.3 is 19.5 Å². The summed E-state index contributed by atoms with van der Waals surface area (Å²) in [6.07, 6.45) is 1.45. The van der Waals surface area contributed by atoms with Gasteiger partial charge in [-0.3, -0.25) is 4.79 Å². The Morgan fingerprint density at radius 1 is 0.972 bits per heavy atom. The number of carbonyl (C=O) groups is 2. The van der Waals surface area contributed by atoms with Crippen molar-refractivity contribution >= 4 is 18.0 Å². The maximum atomic E-state index is 12.5. The molecule has 3 rings (SSSR count). The average Bonchev–Trinajstić information content (AvgIpc) is 2.89. The molecule has 0 heterocycles. The number of nitrogens with zero attached hydrogens (tertiary/aromatic N) is 1. The molecule has 0 bridgehead atoms. The first-order valence-electron chi connectivity index (χ1n) is 11.3. The first-order chi connectivity index (χ1) is 17.3. The molecular formula is C29H28N2O5. The number of aryl methyl sites for hydroxylation is 2. The Balaban J connectivity index is 1.67. The summed E-state index contributed by atoms with van der Waals surface area (Å²) >= 11 is 0. The fourth-order valence-corrected chi connectivity index (χ4v) is 3.48. The number of hydrogen-bond donors (Lipinski definition) is 1. The molecule has 0 fully saturated rings. The van der Waals surface area contributed by atoms with E-state index in [9.17, 15) is 14.9 Å². The van der Waals surface area contributed by atoms with Crippen molar-refractivity contribution in [2.75, 3.05) is 13.7 Å². The Labute approximate surface area is 210 Å². The maximum Gasteiger partial charge on any atom is 0.349 e. The minimum Gasteiger partial charge on any atom is -0.493 e. The van der Waals surface area contributed by atoms with Gasteiger partial charge in [0.1, 0.15) is 17.4 Å². The molecule has 36 heavy (non-hydrogen) atoms. The van der Waals surface area contributed by atoms with E-state index in [0.717, 1.165) is 22.3 Å². The molecule has 7 nitrogen and oxygen atoms in total. The Morgan fingerprint density at radius 3 is 2.39 bits per heavy atom. The summed E-state index contributed by atoms with van der Waals surface area (Å²) in [6, 6.07) is 20.0. The van der Waals surface area contributed by atoms with Crippen LogP contribution in [0.3, 0.4) is 0 Å². The molecule has 0 aliphatic heterocycles. The maximum absolute atomic E-state index is 12.5. The number of nitrogens with one attached hydrogen (secondary N) is 1. The van der Waals surface area contributed by atoms with E-state index in [1.807, 2.05) is 69.3 Å². The van der Waals surface area contributed by atoms with E-state index >= 15 is 0 Å². The molecule has 0 aliphatic carbocycles. The van der Waals surface area contributed by atoms with Crippen molar-refractivity contribution in [3.63, 3.8) is 0 Å². The van der Waals surface area contributed by atoms with Crippen LogP contribution in [-0.2, 0) is 16.1 Å². The number of rotatable bonds is 9. The van der Waals surface area contributed by atoms with Crippen LogP contribution in [0.4, 0.5) is 0 Å². The van der Waals surface area contributed by atoms with Crippen LogP contribution in [0.15, 0.2) is 66.2 Å². The lowest BCUT2D eigenvalue weighted by atomic mass is 10.1. The molecule has 7 heteroatoms. The third kappa shape index (κ3) is 6.73. The molecule has 1 amide bonds. The minimum atomic E-state index is -0.588. The summed E-state index contributed by atoms with van der Waals surface area (Å²) in [5.74, 6) is 0.0635. The van der Waals surface area contributed by atoms with Crippen molar-refractivity contribution in [3.8, 4) is 23.3 Å². The van der Waals surface area contributed by atoms with Gasteiger partial charge in [-0.1, -0.05) is 48.5 Å². The minimum absolute atomic E-state index is 0.0602. The highest BCUT2D eigenvalue weighted by molar-refractivity contribution is 6.01. The molecule has 184 valence electrons.